The first kappa shape index (κ1) is 18.7. The van der Waals surface area contributed by atoms with Crippen LogP contribution in [0.3, 0.4) is 0 Å². The van der Waals surface area contributed by atoms with Gasteiger partial charge in [0.05, 0.1) is 5.69 Å². The fourth-order valence-electron chi connectivity index (χ4n) is 4.35. The lowest BCUT2D eigenvalue weighted by molar-refractivity contribution is 0.0921. The van der Waals surface area contributed by atoms with Crippen molar-refractivity contribution >= 4 is 17.5 Å². The lowest BCUT2D eigenvalue weighted by Gasteiger charge is -2.18. The number of hydrogen-bond acceptors (Lipinski definition) is 3. The zero-order chi connectivity index (χ0) is 19.7. The molecular formula is C22H28N4O2. The first-order valence-electron chi connectivity index (χ1n) is 10.3. The first-order chi connectivity index (χ1) is 13.5. The summed E-state index contributed by atoms with van der Waals surface area (Å²) in [5.41, 5.74) is 4.22. The molecule has 1 aromatic heterocycles. The summed E-state index contributed by atoms with van der Waals surface area (Å²) in [5, 5.41) is 6.09. The number of aromatic nitrogens is 2. The van der Waals surface area contributed by atoms with Crippen LogP contribution in [0.2, 0.25) is 0 Å². The van der Waals surface area contributed by atoms with Crippen LogP contribution in [-0.2, 0) is 13.0 Å². The summed E-state index contributed by atoms with van der Waals surface area (Å²) >= 11 is 0. The van der Waals surface area contributed by atoms with Gasteiger partial charge in [0.25, 0.3) is 11.8 Å². The van der Waals surface area contributed by atoms with Crippen molar-refractivity contribution in [3.05, 3.63) is 46.5 Å². The Labute approximate surface area is 165 Å². The molecule has 28 heavy (non-hydrogen) atoms. The molecule has 1 aliphatic heterocycles. The monoisotopic (exact) mass is 380 g/mol. The van der Waals surface area contributed by atoms with E-state index in [0.717, 1.165) is 74.0 Å². The molecule has 0 unspecified atom stereocenters. The van der Waals surface area contributed by atoms with Crippen molar-refractivity contribution in [1.82, 2.24) is 14.9 Å². The van der Waals surface area contributed by atoms with Crippen LogP contribution in [0, 0.1) is 13.8 Å². The maximum Gasteiger partial charge on any atom is 0.287 e. The second kappa shape index (κ2) is 7.78. The standard InChI is InChI=1S/C22H28N4O2/c1-14-10-11-17(15(2)13-14)24-21(27)19-18-9-5-6-12-26(18)20(25-19)22(28)23-16-7-3-4-8-16/h10-11,13,16H,3-9,12H2,1-2H3,(H,23,28)(H,24,27). The Hall–Kier alpha value is -2.63. The van der Waals surface area contributed by atoms with Crippen molar-refractivity contribution in [2.45, 2.75) is 71.4 Å². The molecule has 0 atom stereocenters. The number of nitrogens with zero attached hydrogens (tertiary/aromatic N) is 2. The molecule has 148 valence electrons. The number of nitrogens with one attached hydrogen (secondary N) is 2. The lowest BCUT2D eigenvalue weighted by Crippen LogP contribution is -2.35. The maximum absolute atomic E-state index is 13.0. The van der Waals surface area contributed by atoms with E-state index in [1.165, 1.54) is 0 Å². The van der Waals surface area contributed by atoms with E-state index in [2.05, 4.69) is 15.6 Å². The third kappa shape index (κ3) is 3.68. The molecule has 2 amide bonds. The molecule has 1 fully saturated rings. The average Bonchev–Trinajstić information content (AvgIpc) is 3.31. The Morgan fingerprint density at radius 3 is 2.61 bits per heavy atom. The number of anilines is 1. The van der Waals surface area contributed by atoms with Gasteiger partial charge in [0.2, 0.25) is 0 Å². The van der Waals surface area contributed by atoms with Crippen LogP contribution in [-0.4, -0.2) is 27.4 Å². The van der Waals surface area contributed by atoms with Crippen LogP contribution in [0.5, 0.6) is 0 Å². The minimum atomic E-state index is -0.238. The third-order valence-corrected chi connectivity index (χ3v) is 5.86. The number of aryl methyl sites for hydroxylation is 2. The van der Waals surface area contributed by atoms with E-state index >= 15 is 0 Å². The summed E-state index contributed by atoms with van der Waals surface area (Å²) < 4.78 is 1.95. The predicted molar refractivity (Wildman–Crippen MR) is 109 cm³/mol. The van der Waals surface area contributed by atoms with E-state index in [0.29, 0.717) is 11.5 Å². The van der Waals surface area contributed by atoms with Gasteiger partial charge in [0.15, 0.2) is 11.5 Å². The number of carbonyl (C=O) groups is 2. The van der Waals surface area contributed by atoms with Gasteiger partial charge in [-0.05, 0) is 57.6 Å². The predicted octanol–water partition coefficient (Wildman–Crippen LogP) is 3.76. The summed E-state index contributed by atoms with van der Waals surface area (Å²) in [7, 11) is 0. The van der Waals surface area contributed by atoms with Crippen molar-refractivity contribution in [1.29, 1.82) is 0 Å². The fourth-order valence-corrected chi connectivity index (χ4v) is 4.35. The highest BCUT2D eigenvalue weighted by Crippen LogP contribution is 2.24. The minimum Gasteiger partial charge on any atom is -0.347 e. The third-order valence-electron chi connectivity index (χ3n) is 5.86. The molecule has 2 aromatic rings. The molecule has 0 saturated heterocycles. The van der Waals surface area contributed by atoms with Crippen molar-refractivity contribution in [3.8, 4) is 0 Å². The summed E-state index contributed by atoms with van der Waals surface area (Å²) in [6.45, 7) is 4.75. The van der Waals surface area contributed by atoms with Gasteiger partial charge in [-0.3, -0.25) is 9.59 Å². The van der Waals surface area contributed by atoms with Crippen LogP contribution in [0.1, 0.15) is 76.5 Å². The Bertz CT molecular complexity index is 910. The van der Waals surface area contributed by atoms with E-state index in [1.54, 1.807) is 0 Å². The topological polar surface area (TPSA) is 76.0 Å². The van der Waals surface area contributed by atoms with Gasteiger partial charge >= 0.3 is 0 Å². The number of carbonyl (C=O) groups excluding carboxylic acids is 2. The van der Waals surface area contributed by atoms with E-state index in [4.69, 9.17) is 0 Å². The minimum absolute atomic E-state index is 0.152. The van der Waals surface area contributed by atoms with Gasteiger partial charge in [0, 0.05) is 18.3 Å². The van der Waals surface area contributed by atoms with Gasteiger partial charge < -0.3 is 15.2 Å². The molecule has 2 N–H and O–H groups in total. The van der Waals surface area contributed by atoms with E-state index < -0.39 is 0 Å². The van der Waals surface area contributed by atoms with Gasteiger partial charge in [-0.1, -0.05) is 30.5 Å². The smallest absolute Gasteiger partial charge is 0.287 e. The summed E-state index contributed by atoms with van der Waals surface area (Å²) in [6.07, 6.45) is 7.17. The summed E-state index contributed by atoms with van der Waals surface area (Å²) in [5.74, 6) is -0.00878. The lowest BCUT2D eigenvalue weighted by atomic mass is 10.1. The zero-order valence-electron chi connectivity index (χ0n) is 16.7. The maximum atomic E-state index is 13.0. The Kier molecular flexibility index (Phi) is 5.20. The number of rotatable bonds is 4. The molecule has 0 bridgehead atoms. The molecule has 0 radical (unpaired) electrons. The number of fused-ring (bicyclic) bond motifs is 1. The van der Waals surface area contributed by atoms with Crippen molar-refractivity contribution in [3.63, 3.8) is 0 Å². The van der Waals surface area contributed by atoms with E-state index in [-0.39, 0.29) is 17.9 Å². The number of imidazole rings is 1. The second-order valence-electron chi connectivity index (χ2n) is 8.07. The van der Waals surface area contributed by atoms with Crippen LogP contribution in [0.25, 0.3) is 0 Å². The molecular weight excluding hydrogens is 352 g/mol. The molecule has 0 spiro atoms. The average molecular weight is 380 g/mol. The van der Waals surface area contributed by atoms with Gasteiger partial charge in [-0.15, -0.1) is 0 Å². The van der Waals surface area contributed by atoms with Gasteiger partial charge in [0.1, 0.15) is 0 Å². The van der Waals surface area contributed by atoms with Crippen LogP contribution >= 0.6 is 0 Å². The molecule has 6 heteroatoms. The molecule has 6 nitrogen and oxygen atoms in total. The highest BCUT2D eigenvalue weighted by molar-refractivity contribution is 6.05. The van der Waals surface area contributed by atoms with Gasteiger partial charge in [-0.25, -0.2) is 4.98 Å². The molecule has 4 rings (SSSR count). The Morgan fingerprint density at radius 1 is 1.07 bits per heavy atom. The SMILES string of the molecule is Cc1ccc(NC(=O)c2nc(C(=O)NC3CCCC3)n3c2CCCC3)c(C)c1. The molecule has 2 heterocycles. The van der Waals surface area contributed by atoms with Crippen molar-refractivity contribution in [2.24, 2.45) is 0 Å². The van der Waals surface area contributed by atoms with E-state index in [9.17, 15) is 9.59 Å². The largest absolute Gasteiger partial charge is 0.347 e. The summed E-state index contributed by atoms with van der Waals surface area (Å²) in [4.78, 5) is 30.3. The number of benzene rings is 1. The van der Waals surface area contributed by atoms with Crippen LogP contribution in [0.15, 0.2) is 18.2 Å². The molecule has 1 aliphatic carbocycles. The quantitative estimate of drug-likeness (QED) is 0.848. The highest BCUT2D eigenvalue weighted by atomic mass is 16.2. The molecule has 1 aromatic carbocycles. The van der Waals surface area contributed by atoms with E-state index in [1.807, 2.05) is 36.6 Å². The summed E-state index contributed by atoms with van der Waals surface area (Å²) in [6, 6.07) is 6.17. The van der Waals surface area contributed by atoms with Crippen molar-refractivity contribution in [2.75, 3.05) is 5.32 Å². The van der Waals surface area contributed by atoms with Crippen molar-refractivity contribution < 1.29 is 9.59 Å². The first-order valence-corrected chi connectivity index (χ1v) is 10.3. The number of amides is 2. The normalized spacial score (nSPS) is 16.6. The number of hydrogen-bond donors (Lipinski definition) is 2. The molecule has 1 saturated carbocycles. The fraction of sp³-hybridized carbons (Fsp3) is 0.500. The van der Waals surface area contributed by atoms with Gasteiger partial charge in [-0.2, -0.15) is 0 Å². The van der Waals surface area contributed by atoms with Crippen LogP contribution < -0.4 is 10.6 Å². The highest BCUT2D eigenvalue weighted by Gasteiger charge is 2.29. The molecule has 2 aliphatic rings. The Balaban J connectivity index is 1.60. The second-order valence-corrected chi connectivity index (χ2v) is 8.07. The zero-order valence-corrected chi connectivity index (χ0v) is 16.7. The Morgan fingerprint density at radius 2 is 1.86 bits per heavy atom. The van der Waals surface area contributed by atoms with Crippen LogP contribution in [0.4, 0.5) is 5.69 Å².